The zero-order chi connectivity index (χ0) is 11.4. The summed E-state index contributed by atoms with van der Waals surface area (Å²) >= 11 is 3.53. The van der Waals surface area contributed by atoms with Gasteiger partial charge in [0.15, 0.2) is 0 Å². The molecular weight excluding hydrogens is 264 g/mol. The van der Waals surface area contributed by atoms with Gasteiger partial charge >= 0.3 is 0 Å². The lowest BCUT2D eigenvalue weighted by atomic mass is 10.0. The third kappa shape index (κ3) is 3.30. The van der Waals surface area contributed by atoms with Crippen LogP contribution in [-0.4, -0.2) is 37.6 Å². The fourth-order valence-corrected chi connectivity index (χ4v) is 2.62. The van der Waals surface area contributed by atoms with Crippen molar-refractivity contribution in [1.82, 2.24) is 10.2 Å². The molecule has 3 heteroatoms. The highest BCUT2D eigenvalue weighted by molar-refractivity contribution is 9.10. The van der Waals surface area contributed by atoms with Crippen molar-refractivity contribution >= 4 is 15.9 Å². The predicted octanol–water partition coefficient (Wildman–Crippen LogP) is 2.46. The van der Waals surface area contributed by atoms with E-state index in [1.54, 1.807) is 0 Å². The van der Waals surface area contributed by atoms with E-state index in [0.29, 0.717) is 5.92 Å². The molecular formula is C13H19BrN2. The Kier molecular flexibility index (Phi) is 4.38. The zero-order valence-electron chi connectivity index (χ0n) is 9.75. The lowest BCUT2D eigenvalue weighted by molar-refractivity contribution is 0.230. The number of benzene rings is 1. The maximum Gasteiger partial charge on any atom is 0.0178 e. The van der Waals surface area contributed by atoms with Crippen molar-refractivity contribution in [1.29, 1.82) is 0 Å². The summed E-state index contributed by atoms with van der Waals surface area (Å²) in [5, 5.41) is 3.39. The molecule has 1 aromatic carbocycles. The van der Waals surface area contributed by atoms with Crippen LogP contribution in [0.5, 0.6) is 0 Å². The highest BCUT2D eigenvalue weighted by atomic mass is 79.9. The Hall–Kier alpha value is -0.380. The summed E-state index contributed by atoms with van der Waals surface area (Å²) in [6.07, 6.45) is 0. The summed E-state index contributed by atoms with van der Waals surface area (Å²) in [4.78, 5) is 2.54. The first kappa shape index (κ1) is 12.1. The van der Waals surface area contributed by atoms with Crippen LogP contribution in [0.1, 0.15) is 18.4 Å². The Bertz CT molecular complexity index is 334. The fraction of sp³-hybridized carbons (Fsp3) is 0.538. The van der Waals surface area contributed by atoms with Gasteiger partial charge in [0.1, 0.15) is 0 Å². The van der Waals surface area contributed by atoms with E-state index in [0.717, 1.165) is 19.6 Å². The molecule has 0 bridgehead atoms. The SMILES string of the molecule is CC(CN1CCNCC1)c1cccc(Br)c1. The van der Waals surface area contributed by atoms with Crippen molar-refractivity contribution in [3.8, 4) is 0 Å². The molecule has 1 unspecified atom stereocenters. The fourth-order valence-electron chi connectivity index (χ4n) is 2.20. The summed E-state index contributed by atoms with van der Waals surface area (Å²) in [5.74, 6) is 0.607. The maximum absolute atomic E-state index is 3.53. The summed E-state index contributed by atoms with van der Waals surface area (Å²) in [6, 6.07) is 8.65. The van der Waals surface area contributed by atoms with Gasteiger partial charge < -0.3 is 10.2 Å². The van der Waals surface area contributed by atoms with Crippen molar-refractivity contribution in [2.24, 2.45) is 0 Å². The van der Waals surface area contributed by atoms with E-state index in [1.807, 2.05) is 0 Å². The third-order valence-corrected chi connectivity index (χ3v) is 3.65. The largest absolute Gasteiger partial charge is 0.314 e. The van der Waals surface area contributed by atoms with Crippen LogP contribution in [0.2, 0.25) is 0 Å². The Labute approximate surface area is 106 Å². The molecule has 0 spiro atoms. The molecule has 2 rings (SSSR count). The minimum absolute atomic E-state index is 0.607. The number of hydrogen-bond acceptors (Lipinski definition) is 2. The highest BCUT2D eigenvalue weighted by Crippen LogP contribution is 2.20. The van der Waals surface area contributed by atoms with Crippen molar-refractivity contribution in [2.75, 3.05) is 32.7 Å². The van der Waals surface area contributed by atoms with Gasteiger partial charge in [-0.25, -0.2) is 0 Å². The molecule has 1 aliphatic heterocycles. The molecule has 88 valence electrons. The lowest BCUT2D eigenvalue weighted by Gasteiger charge is -2.29. The van der Waals surface area contributed by atoms with Crippen molar-refractivity contribution in [3.05, 3.63) is 34.3 Å². The van der Waals surface area contributed by atoms with E-state index >= 15 is 0 Å². The number of halogens is 1. The van der Waals surface area contributed by atoms with Crippen molar-refractivity contribution in [3.63, 3.8) is 0 Å². The average Bonchev–Trinajstić information content (AvgIpc) is 2.30. The molecule has 0 radical (unpaired) electrons. The second kappa shape index (κ2) is 5.80. The normalized spacial score (nSPS) is 19.6. The number of rotatable bonds is 3. The molecule has 1 atom stereocenters. The van der Waals surface area contributed by atoms with E-state index in [2.05, 4.69) is 57.3 Å². The molecule has 0 aromatic heterocycles. The van der Waals surface area contributed by atoms with Gasteiger partial charge in [-0.05, 0) is 23.6 Å². The molecule has 1 aliphatic rings. The summed E-state index contributed by atoms with van der Waals surface area (Å²) < 4.78 is 1.18. The first-order valence-electron chi connectivity index (χ1n) is 5.94. The topological polar surface area (TPSA) is 15.3 Å². The van der Waals surface area contributed by atoms with E-state index in [1.165, 1.54) is 23.1 Å². The minimum atomic E-state index is 0.607. The first-order valence-corrected chi connectivity index (χ1v) is 6.73. The Balaban J connectivity index is 1.94. The molecule has 2 nitrogen and oxygen atoms in total. The number of nitrogens with zero attached hydrogens (tertiary/aromatic N) is 1. The second-order valence-electron chi connectivity index (χ2n) is 4.51. The zero-order valence-corrected chi connectivity index (χ0v) is 11.3. The molecule has 1 fully saturated rings. The number of piperazine rings is 1. The molecule has 0 saturated carbocycles. The quantitative estimate of drug-likeness (QED) is 0.916. The standard InChI is InChI=1S/C13H19BrN2/c1-11(10-16-7-5-15-6-8-16)12-3-2-4-13(14)9-12/h2-4,9,11,15H,5-8,10H2,1H3. The van der Waals surface area contributed by atoms with Crippen LogP contribution < -0.4 is 5.32 Å². The van der Waals surface area contributed by atoms with Gasteiger partial charge in [-0.15, -0.1) is 0 Å². The Morgan fingerprint density at radius 1 is 1.38 bits per heavy atom. The van der Waals surface area contributed by atoms with Crippen LogP contribution >= 0.6 is 15.9 Å². The molecule has 1 heterocycles. The highest BCUT2D eigenvalue weighted by Gasteiger charge is 2.14. The smallest absolute Gasteiger partial charge is 0.0178 e. The van der Waals surface area contributed by atoms with Crippen LogP contribution in [0.25, 0.3) is 0 Å². The Morgan fingerprint density at radius 2 is 2.12 bits per heavy atom. The van der Waals surface area contributed by atoms with Gasteiger partial charge in [-0.2, -0.15) is 0 Å². The summed E-state index contributed by atoms with van der Waals surface area (Å²) in [7, 11) is 0. The summed E-state index contributed by atoms with van der Waals surface area (Å²) in [6.45, 7) is 8.09. The second-order valence-corrected chi connectivity index (χ2v) is 5.42. The average molecular weight is 283 g/mol. The van der Waals surface area contributed by atoms with Gasteiger partial charge in [0.25, 0.3) is 0 Å². The molecule has 16 heavy (non-hydrogen) atoms. The van der Waals surface area contributed by atoms with E-state index < -0.39 is 0 Å². The molecule has 0 amide bonds. The number of hydrogen-bond donors (Lipinski definition) is 1. The number of nitrogens with one attached hydrogen (secondary N) is 1. The van der Waals surface area contributed by atoms with Crippen LogP contribution in [0.3, 0.4) is 0 Å². The molecule has 1 aromatic rings. The van der Waals surface area contributed by atoms with Crippen LogP contribution in [0.15, 0.2) is 28.7 Å². The van der Waals surface area contributed by atoms with Crippen LogP contribution in [-0.2, 0) is 0 Å². The van der Waals surface area contributed by atoms with E-state index in [-0.39, 0.29) is 0 Å². The van der Waals surface area contributed by atoms with Gasteiger partial charge in [0, 0.05) is 37.2 Å². The van der Waals surface area contributed by atoms with Crippen LogP contribution in [0, 0.1) is 0 Å². The van der Waals surface area contributed by atoms with Crippen LogP contribution in [0.4, 0.5) is 0 Å². The van der Waals surface area contributed by atoms with Crippen molar-refractivity contribution < 1.29 is 0 Å². The maximum atomic E-state index is 3.53. The van der Waals surface area contributed by atoms with Gasteiger partial charge in [0.2, 0.25) is 0 Å². The van der Waals surface area contributed by atoms with Gasteiger partial charge in [0.05, 0.1) is 0 Å². The monoisotopic (exact) mass is 282 g/mol. The third-order valence-electron chi connectivity index (χ3n) is 3.16. The van der Waals surface area contributed by atoms with E-state index in [9.17, 15) is 0 Å². The Morgan fingerprint density at radius 3 is 2.81 bits per heavy atom. The van der Waals surface area contributed by atoms with Gasteiger partial charge in [-0.3, -0.25) is 0 Å². The molecule has 1 saturated heterocycles. The first-order chi connectivity index (χ1) is 7.75. The minimum Gasteiger partial charge on any atom is -0.314 e. The van der Waals surface area contributed by atoms with Crippen molar-refractivity contribution in [2.45, 2.75) is 12.8 Å². The van der Waals surface area contributed by atoms with Gasteiger partial charge in [-0.1, -0.05) is 35.0 Å². The molecule has 1 N–H and O–H groups in total. The summed E-state index contributed by atoms with van der Waals surface area (Å²) in [5.41, 5.74) is 1.42. The lowest BCUT2D eigenvalue weighted by Crippen LogP contribution is -2.44. The van der Waals surface area contributed by atoms with E-state index in [4.69, 9.17) is 0 Å². The molecule has 0 aliphatic carbocycles. The predicted molar refractivity (Wildman–Crippen MR) is 71.9 cm³/mol.